The van der Waals surface area contributed by atoms with Gasteiger partial charge in [0, 0.05) is 25.5 Å². The van der Waals surface area contributed by atoms with E-state index in [-0.39, 0.29) is 24.9 Å². The van der Waals surface area contributed by atoms with Crippen LogP contribution in [0.4, 0.5) is 5.95 Å². The third kappa shape index (κ3) is 5.14. The summed E-state index contributed by atoms with van der Waals surface area (Å²) in [6.45, 7) is 3.79. The highest BCUT2D eigenvalue weighted by atomic mass is 35.5. The number of hydrogen-bond acceptors (Lipinski definition) is 8. The molecule has 10 nitrogen and oxygen atoms in total. The number of piperidine rings is 1. The zero-order valence-corrected chi connectivity index (χ0v) is 17.6. The highest BCUT2D eigenvalue weighted by molar-refractivity contribution is 6.03. The lowest BCUT2D eigenvalue weighted by Gasteiger charge is -2.19. The number of amides is 1. The van der Waals surface area contributed by atoms with E-state index in [1.54, 1.807) is 42.9 Å². The Morgan fingerprint density at radius 1 is 1.33 bits per heavy atom. The van der Waals surface area contributed by atoms with Crippen LogP contribution in [0.5, 0.6) is 5.75 Å². The molecule has 3 aromatic rings. The fraction of sp³-hybridized carbons (Fsp3) is 0.421. The van der Waals surface area contributed by atoms with Gasteiger partial charge in [-0.2, -0.15) is 15.1 Å². The minimum atomic E-state index is -0.279. The van der Waals surface area contributed by atoms with Crippen molar-refractivity contribution in [2.45, 2.75) is 32.3 Å². The number of anilines is 1. The van der Waals surface area contributed by atoms with Crippen LogP contribution < -0.4 is 15.4 Å². The molecule has 0 atom stereocenters. The molecule has 0 unspecified atom stereocenters. The minimum absolute atomic E-state index is 0. The molecule has 0 spiro atoms. The first-order chi connectivity index (χ1) is 14.1. The van der Waals surface area contributed by atoms with E-state index in [1.807, 2.05) is 0 Å². The van der Waals surface area contributed by atoms with Crippen LogP contribution in [-0.2, 0) is 13.7 Å². The van der Waals surface area contributed by atoms with Gasteiger partial charge in [0.05, 0.1) is 0 Å². The smallest absolute Gasteiger partial charge is 0.258 e. The first-order valence-electron chi connectivity index (χ1n) is 9.53. The molecule has 0 saturated carbocycles. The summed E-state index contributed by atoms with van der Waals surface area (Å²) in [5, 5.41) is 14.4. The molecule has 1 aliphatic rings. The summed E-state index contributed by atoms with van der Waals surface area (Å²) in [5.41, 5.74) is 0.457. The molecule has 2 N–H and O–H groups in total. The molecule has 0 bridgehead atoms. The molecule has 4 rings (SSSR count). The lowest BCUT2D eigenvalue weighted by Crippen LogP contribution is -2.27. The molecule has 160 valence electrons. The maximum atomic E-state index is 12.7. The zero-order chi connectivity index (χ0) is 20.2. The number of nitrogens with one attached hydrogen (secondary N) is 2. The third-order valence-corrected chi connectivity index (χ3v) is 4.74. The number of rotatable bonds is 6. The number of nitrogens with zero attached hydrogens (tertiary/aromatic N) is 5. The normalized spacial score (nSPS) is 14.2. The van der Waals surface area contributed by atoms with Gasteiger partial charge in [-0.1, -0.05) is 11.2 Å². The van der Waals surface area contributed by atoms with Crippen LogP contribution >= 0.6 is 12.4 Å². The van der Waals surface area contributed by atoms with Crippen LogP contribution in [0.3, 0.4) is 0 Å². The average molecular weight is 434 g/mol. The van der Waals surface area contributed by atoms with Crippen molar-refractivity contribution in [3.05, 3.63) is 47.4 Å². The number of ether oxygens (including phenoxy) is 1. The molecule has 1 fully saturated rings. The van der Waals surface area contributed by atoms with E-state index in [4.69, 9.17) is 9.26 Å². The number of carbonyl (C=O) groups excluding carboxylic acids is 1. The Morgan fingerprint density at radius 2 is 2.13 bits per heavy atom. The van der Waals surface area contributed by atoms with Gasteiger partial charge in [0.2, 0.25) is 17.7 Å². The third-order valence-electron chi connectivity index (χ3n) is 4.74. The first kappa shape index (κ1) is 21.7. The van der Waals surface area contributed by atoms with Crippen LogP contribution in [0.25, 0.3) is 0 Å². The van der Waals surface area contributed by atoms with Crippen molar-refractivity contribution in [2.75, 3.05) is 18.4 Å². The maximum absolute atomic E-state index is 12.7. The Hall–Kier alpha value is -2.98. The van der Waals surface area contributed by atoms with Crippen LogP contribution in [0, 0.1) is 6.92 Å². The van der Waals surface area contributed by atoms with Crippen LogP contribution in [0.2, 0.25) is 0 Å². The van der Waals surface area contributed by atoms with E-state index < -0.39 is 0 Å². The maximum Gasteiger partial charge on any atom is 0.258 e. The predicted molar refractivity (Wildman–Crippen MR) is 111 cm³/mol. The molecule has 3 heterocycles. The minimum Gasteiger partial charge on any atom is -0.485 e. The summed E-state index contributed by atoms with van der Waals surface area (Å²) in [7, 11) is 1.78. The highest BCUT2D eigenvalue weighted by Gasteiger charge is 2.21. The molecular formula is C19H24ClN7O3. The first-order valence-corrected chi connectivity index (χ1v) is 9.53. The average Bonchev–Trinajstić information content (AvgIpc) is 3.33. The molecule has 30 heavy (non-hydrogen) atoms. The Labute approximate surface area is 179 Å². The lowest BCUT2D eigenvalue weighted by molar-refractivity contribution is 0.102. The molecule has 0 aliphatic carbocycles. The summed E-state index contributed by atoms with van der Waals surface area (Å²) in [5.74, 6) is 2.70. The van der Waals surface area contributed by atoms with Gasteiger partial charge in [-0.3, -0.25) is 10.1 Å². The topological polar surface area (TPSA) is 120 Å². The predicted octanol–water partition coefficient (Wildman–Crippen LogP) is 2.23. The Balaban J connectivity index is 0.00000256. The van der Waals surface area contributed by atoms with Gasteiger partial charge in [0.25, 0.3) is 5.91 Å². The van der Waals surface area contributed by atoms with Gasteiger partial charge < -0.3 is 14.6 Å². The molecular weight excluding hydrogens is 410 g/mol. The van der Waals surface area contributed by atoms with Crippen molar-refractivity contribution in [1.82, 2.24) is 30.2 Å². The SMILES string of the molecule is Cc1nc(COc2cccc(C(=O)Nc3nc(C4CCNCC4)nn3C)c2)no1.Cl. The number of halogens is 1. The zero-order valence-electron chi connectivity index (χ0n) is 16.8. The number of aryl methyl sites for hydroxylation is 2. The van der Waals surface area contributed by atoms with Gasteiger partial charge in [-0.05, 0) is 44.1 Å². The fourth-order valence-electron chi connectivity index (χ4n) is 3.21. The number of hydrogen-bond donors (Lipinski definition) is 2. The van der Waals surface area contributed by atoms with Crippen molar-refractivity contribution in [3.8, 4) is 5.75 Å². The standard InChI is InChI=1S/C19H23N7O3.ClH/c1-12-21-16(25-29-12)11-28-15-5-3-4-14(10-15)18(27)23-19-22-17(24-26(19)2)13-6-8-20-9-7-13;/h3-5,10,13,20H,6-9,11H2,1-2H3,(H,22,23,24,27);1H. The molecule has 1 saturated heterocycles. The van der Waals surface area contributed by atoms with Gasteiger partial charge in [-0.25, -0.2) is 4.68 Å². The van der Waals surface area contributed by atoms with Gasteiger partial charge in [0.1, 0.15) is 5.75 Å². The van der Waals surface area contributed by atoms with Crippen molar-refractivity contribution in [3.63, 3.8) is 0 Å². The molecule has 1 aromatic carbocycles. The molecule has 0 radical (unpaired) electrons. The van der Waals surface area contributed by atoms with Crippen LogP contribution in [0.15, 0.2) is 28.8 Å². The van der Waals surface area contributed by atoms with E-state index in [9.17, 15) is 4.79 Å². The number of aromatic nitrogens is 5. The molecule has 1 aliphatic heterocycles. The Morgan fingerprint density at radius 3 is 2.87 bits per heavy atom. The van der Waals surface area contributed by atoms with Crippen molar-refractivity contribution < 1.29 is 14.1 Å². The highest BCUT2D eigenvalue weighted by Crippen LogP contribution is 2.23. The second-order valence-corrected chi connectivity index (χ2v) is 6.94. The quantitative estimate of drug-likeness (QED) is 0.607. The Bertz CT molecular complexity index is 998. The van der Waals surface area contributed by atoms with E-state index in [1.165, 1.54) is 0 Å². The van der Waals surface area contributed by atoms with E-state index in [0.717, 1.165) is 31.8 Å². The summed E-state index contributed by atoms with van der Waals surface area (Å²) in [6.07, 6.45) is 1.99. The summed E-state index contributed by atoms with van der Waals surface area (Å²) in [6, 6.07) is 6.89. The lowest BCUT2D eigenvalue weighted by atomic mass is 9.98. The fourth-order valence-corrected chi connectivity index (χ4v) is 3.21. The largest absolute Gasteiger partial charge is 0.485 e. The summed E-state index contributed by atoms with van der Waals surface area (Å²) < 4.78 is 12.2. The van der Waals surface area contributed by atoms with Crippen LogP contribution in [0.1, 0.15) is 46.7 Å². The molecule has 11 heteroatoms. The summed E-state index contributed by atoms with van der Waals surface area (Å²) in [4.78, 5) is 21.3. The second-order valence-electron chi connectivity index (χ2n) is 6.94. The van der Waals surface area contributed by atoms with Gasteiger partial charge in [-0.15, -0.1) is 12.4 Å². The van der Waals surface area contributed by atoms with Gasteiger partial charge in [0.15, 0.2) is 12.4 Å². The van der Waals surface area contributed by atoms with Crippen molar-refractivity contribution in [1.29, 1.82) is 0 Å². The van der Waals surface area contributed by atoms with E-state index in [2.05, 4.69) is 30.9 Å². The number of carbonyl (C=O) groups is 1. The Kier molecular flexibility index (Phi) is 7.01. The monoisotopic (exact) mass is 433 g/mol. The van der Waals surface area contributed by atoms with Crippen LogP contribution in [-0.4, -0.2) is 43.9 Å². The number of benzene rings is 1. The molecule has 1 amide bonds. The van der Waals surface area contributed by atoms with Crippen molar-refractivity contribution >= 4 is 24.3 Å². The second kappa shape index (κ2) is 9.68. The van der Waals surface area contributed by atoms with Crippen molar-refractivity contribution in [2.24, 2.45) is 7.05 Å². The molecule has 2 aromatic heterocycles. The van der Waals surface area contributed by atoms with E-state index >= 15 is 0 Å². The van der Waals surface area contributed by atoms with E-state index in [0.29, 0.717) is 34.9 Å². The van der Waals surface area contributed by atoms with Gasteiger partial charge >= 0.3 is 0 Å². The summed E-state index contributed by atoms with van der Waals surface area (Å²) >= 11 is 0.